The van der Waals surface area contributed by atoms with Crippen molar-refractivity contribution in [3.8, 4) is 0 Å². The fourth-order valence-electron chi connectivity index (χ4n) is 3.02. The molecule has 6 nitrogen and oxygen atoms in total. The normalized spacial score (nSPS) is 18.5. The van der Waals surface area contributed by atoms with Crippen LogP contribution in [0.15, 0.2) is 53.7 Å². The largest absolute Gasteiger partial charge is 0.325 e. The molecular weight excluding hydrogens is 382 g/mol. The van der Waals surface area contributed by atoms with Crippen LogP contribution in [0.1, 0.15) is 23.0 Å². The standard InChI is InChI=1S/C19H18ClN5OS/c1-11-14(20)9-6-10-15(11)21-18(26)17-16(13-7-4-3-5-8-13)24-25-12(2)22-23-19(25)27-17/h3-10,16-17,24H,1-2H3,(H,21,26). The molecule has 2 aromatic carbocycles. The maximum atomic E-state index is 13.2. The Balaban J connectivity index is 1.67. The molecule has 2 unspecified atom stereocenters. The number of benzene rings is 2. The highest BCUT2D eigenvalue weighted by Gasteiger charge is 2.37. The van der Waals surface area contributed by atoms with Crippen molar-refractivity contribution in [2.75, 3.05) is 10.7 Å². The Kier molecular flexibility index (Phi) is 4.80. The molecule has 1 amide bonds. The first kappa shape index (κ1) is 17.9. The van der Waals surface area contributed by atoms with Gasteiger partial charge in [-0.15, -0.1) is 10.2 Å². The van der Waals surface area contributed by atoms with Gasteiger partial charge in [-0.25, -0.2) is 4.68 Å². The number of anilines is 1. The number of hydrogen-bond donors (Lipinski definition) is 2. The number of nitrogens with zero attached hydrogens (tertiary/aromatic N) is 3. The first-order chi connectivity index (χ1) is 13.0. The van der Waals surface area contributed by atoms with E-state index < -0.39 is 5.25 Å². The zero-order valence-electron chi connectivity index (χ0n) is 14.8. The van der Waals surface area contributed by atoms with Gasteiger partial charge in [-0.05, 0) is 37.1 Å². The first-order valence-corrected chi connectivity index (χ1v) is 9.76. The van der Waals surface area contributed by atoms with E-state index >= 15 is 0 Å². The zero-order valence-corrected chi connectivity index (χ0v) is 16.4. The third-order valence-electron chi connectivity index (χ3n) is 4.54. The van der Waals surface area contributed by atoms with E-state index in [1.165, 1.54) is 11.8 Å². The number of nitrogens with one attached hydrogen (secondary N) is 2. The van der Waals surface area contributed by atoms with Crippen molar-refractivity contribution in [1.29, 1.82) is 0 Å². The molecular formula is C19H18ClN5OS. The van der Waals surface area contributed by atoms with Gasteiger partial charge in [-0.2, -0.15) is 0 Å². The summed E-state index contributed by atoms with van der Waals surface area (Å²) in [6, 6.07) is 15.2. The van der Waals surface area contributed by atoms with Crippen LogP contribution in [-0.4, -0.2) is 26.0 Å². The van der Waals surface area contributed by atoms with Crippen LogP contribution < -0.4 is 10.7 Å². The van der Waals surface area contributed by atoms with Crippen LogP contribution in [0.4, 0.5) is 5.69 Å². The smallest absolute Gasteiger partial charge is 0.240 e. The number of hydrogen-bond acceptors (Lipinski definition) is 5. The van der Waals surface area contributed by atoms with Crippen molar-refractivity contribution in [3.05, 3.63) is 70.5 Å². The van der Waals surface area contributed by atoms with Crippen LogP contribution in [-0.2, 0) is 4.79 Å². The summed E-state index contributed by atoms with van der Waals surface area (Å²) >= 11 is 7.59. The molecule has 1 aromatic heterocycles. The maximum absolute atomic E-state index is 13.2. The highest BCUT2D eigenvalue weighted by atomic mass is 35.5. The molecule has 1 aliphatic rings. The van der Waals surface area contributed by atoms with E-state index in [9.17, 15) is 4.79 Å². The molecule has 1 aliphatic heterocycles. The van der Waals surface area contributed by atoms with E-state index in [4.69, 9.17) is 11.6 Å². The van der Waals surface area contributed by atoms with Crippen LogP contribution in [0.3, 0.4) is 0 Å². The van der Waals surface area contributed by atoms with Crippen LogP contribution in [0.5, 0.6) is 0 Å². The molecule has 0 fully saturated rings. The summed E-state index contributed by atoms with van der Waals surface area (Å²) in [6.07, 6.45) is 0. The minimum absolute atomic E-state index is 0.112. The number of aromatic nitrogens is 3. The Morgan fingerprint density at radius 2 is 1.93 bits per heavy atom. The number of fused-ring (bicyclic) bond motifs is 1. The van der Waals surface area contributed by atoms with Gasteiger partial charge >= 0.3 is 0 Å². The van der Waals surface area contributed by atoms with Crippen molar-refractivity contribution in [3.63, 3.8) is 0 Å². The monoisotopic (exact) mass is 399 g/mol. The number of thioether (sulfide) groups is 1. The molecule has 0 bridgehead atoms. The van der Waals surface area contributed by atoms with Crippen LogP contribution >= 0.6 is 23.4 Å². The van der Waals surface area contributed by atoms with Crippen LogP contribution in [0.25, 0.3) is 0 Å². The molecule has 27 heavy (non-hydrogen) atoms. The first-order valence-electron chi connectivity index (χ1n) is 8.51. The lowest BCUT2D eigenvalue weighted by Gasteiger charge is -2.32. The topological polar surface area (TPSA) is 71.8 Å². The van der Waals surface area contributed by atoms with Gasteiger partial charge in [0.2, 0.25) is 11.1 Å². The highest BCUT2D eigenvalue weighted by Crippen LogP contribution is 2.37. The molecule has 0 radical (unpaired) electrons. The summed E-state index contributed by atoms with van der Waals surface area (Å²) in [5.74, 6) is 0.640. The molecule has 8 heteroatoms. The summed E-state index contributed by atoms with van der Waals surface area (Å²) in [7, 11) is 0. The second kappa shape index (κ2) is 7.25. The van der Waals surface area contributed by atoms with Crippen molar-refractivity contribution in [2.24, 2.45) is 0 Å². The Hall–Kier alpha value is -2.51. The quantitative estimate of drug-likeness (QED) is 0.697. The zero-order chi connectivity index (χ0) is 19.0. The lowest BCUT2D eigenvalue weighted by molar-refractivity contribution is -0.116. The third-order valence-corrected chi connectivity index (χ3v) is 6.17. The van der Waals surface area contributed by atoms with Crippen molar-refractivity contribution >= 4 is 35.0 Å². The number of carbonyl (C=O) groups excluding carboxylic acids is 1. The fourth-order valence-corrected chi connectivity index (χ4v) is 4.32. The van der Waals surface area contributed by atoms with E-state index in [2.05, 4.69) is 20.9 Å². The number of amides is 1. The van der Waals surface area contributed by atoms with Gasteiger partial charge in [0.15, 0.2) is 0 Å². The van der Waals surface area contributed by atoms with Crippen LogP contribution in [0, 0.1) is 13.8 Å². The second-order valence-corrected chi connectivity index (χ2v) is 7.84. The second-order valence-electron chi connectivity index (χ2n) is 6.32. The summed E-state index contributed by atoms with van der Waals surface area (Å²) in [5.41, 5.74) is 5.96. The molecule has 2 atom stereocenters. The van der Waals surface area contributed by atoms with Gasteiger partial charge in [0.05, 0.1) is 6.04 Å². The van der Waals surface area contributed by atoms with Gasteiger partial charge in [0, 0.05) is 10.7 Å². The van der Waals surface area contributed by atoms with E-state index in [0.717, 1.165) is 17.0 Å². The maximum Gasteiger partial charge on any atom is 0.240 e. The average molecular weight is 400 g/mol. The summed E-state index contributed by atoms with van der Waals surface area (Å²) in [6.45, 7) is 3.76. The minimum atomic E-state index is -0.415. The van der Waals surface area contributed by atoms with Gasteiger partial charge in [-0.1, -0.05) is 59.8 Å². The lowest BCUT2D eigenvalue weighted by atomic mass is 10.0. The Bertz CT molecular complexity index is 991. The number of aryl methyl sites for hydroxylation is 1. The number of rotatable bonds is 3. The van der Waals surface area contributed by atoms with Crippen molar-refractivity contribution < 1.29 is 4.79 Å². The molecule has 0 saturated carbocycles. The Morgan fingerprint density at radius 3 is 2.70 bits per heavy atom. The molecule has 0 spiro atoms. The SMILES string of the molecule is Cc1c(Cl)cccc1NC(=O)C1Sc2nnc(C)n2NC1c1ccccc1. The Labute approximate surface area is 166 Å². The number of carbonyl (C=O) groups is 1. The number of halogens is 1. The van der Waals surface area contributed by atoms with E-state index in [0.29, 0.717) is 15.9 Å². The summed E-state index contributed by atoms with van der Waals surface area (Å²) in [4.78, 5) is 13.2. The average Bonchev–Trinajstić information content (AvgIpc) is 3.05. The van der Waals surface area contributed by atoms with Crippen molar-refractivity contribution in [2.45, 2.75) is 30.3 Å². The van der Waals surface area contributed by atoms with Gasteiger partial charge in [0.25, 0.3) is 0 Å². The van der Waals surface area contributed by atoms with Gasteiger partial charge in [0.1, 0.15) is 11.1 Å². The van der Waals surface area contributed by atoms with E-state index in [1.807, 2.05) is 67.1 Å². The molecule has 4 rings (SSSR count). The van der Waals surface area contributed by atoms with Crippen LogP contribution in [0.2, 0.25) is 5.02 Å². The minimum Gasteiger partial charge on any atom is -0.325 e. The Morgan fingerprint density at radius 1 is 1.15 bits per heavy atom. The third kappa shape index (κ3) is 3.40. The van der Waals surface area contributed by atoms with E-state index in [-0.39, 0.29) is 11.9 Å². The summed E-state index contributed by atoms with van der Waals surface area (Å²) < 4.78 is 1.83. The van der Waals surface area contributed by atoms with Gasteiger partial charge < -0.3 is 10.7 Å². The lowest BCUT2D eigenvalue weighted by Crippen LogP contribution is -2.41. The predicted molar refractivity (Wildman–Crippen MR) is 108 cm³/mol. The molecule has 2 heterocycles. The summed E-state index contributed by atoms with van der Waals surface area (Å²) in [5, 5.41) is 12.2. The molecule has 0 aliphatic carbocycles. The molecule has 0 saturated heterocycles. The fraction of sp³-hybridized carbons (Fsp3) is 0.211. The van der Waals surface area contributed by atoms with Gasteiger partial charge in [-0.3, -0.25) is 4.79 Å². The molecule has 3 aromatic rings. The highest BCUT2D eigenvalue weighted by molar-refractivity contribution is 8.00. The predicted octanol–water partition coefficient (Wildman–Crippen LogP) is 3.95. The van der Waals surface area contributed by atoms with E-state index in [1.54, 1.807) is 0 Å². The molecule has 2 N–H and O–H groups in total. The van der Waals surface area contributed by atoms with Crippen molar-refractivity contribution in [1.82, 2.24) is 14.9 Å². The molecule has 138 valence electrons.